The number of hydrogen-bond acceptors (Lipinski definition) is 3. The molecule has 2 N–H and O–H groups in total. The lowest BCUT2D eigenvalue weighted by molar-refractivity contribution is -0.149. The Morgan fingerprint density at radius 2 is 1.86 bits per heavy atom. The summed E-state index contributed by atoms with van der Waals surface area (Å²) < 4.78 is 0. The minimum Gasteiger partial charge on any atom is -0.481 e. The zero-order valence-corrected chi connectivity index (χ0v) is 13.1. The Morgan fingerprint density at radius 3 is 2.33 bits per heavy atom. The summed E-state index contributed by atoms with van der Waals surface area (Å²) in [6, 6.07) is -0.463. The monoisotopic (exact) mass is 296 g/mol. The third kappa shape index (κ3) is 2.30. The van der Waals surface area contributed by atoms with Crippen LogP contribution in [0.5, 0.6) is 0 Å². The molecule has 1 heterocycles. The molecule has 1 spiro atoms. The lowest BCUT2D eigenvalue weighted by Crippen LogP contribution is -2.59. The highest BCUT2D eigenvalue weighted by Gasteiger charge is 2.59. The lowest BCUT2D eigenvalue weighted by Gasteiger charge is -2.42. The number of carbonyl (C=O) groups excluding carboxylic acids is 2. The van der Waals surface area contributed by atoms with Crippen LogP contribution in [-0.4, -0.2) is 40.0 Å². The summed E-state index contributed by atoms with van der Waals surface area (Å²) in [5.74, 6) is -1.15. The molecule has 2 atom stereocenters. The third-order valence-corrected chi connectivity index (χ3v) is 5.12. The highest BCUT2D eigenvalue weighted by Crippen LogP contribution is 2.42. The van der Waals surface area contributed by atoms with Crippen LogP contribution in [-0.2, 0) is 9.59 Å². The Kier molecular flexibility index (Phi) is 3.76. The van der Waals surface area contributed by atoms with Crippen LogP contribution in [0.25, 0.3) is 0 Å². The highest BCUT2D eigenvalue weighted by atomic mass is 16.4. The summed E-state index contributed by atoms with van der Waals surface area (Å²) in [6.07, 6.45) is 2.84. The van der Waals surface area contributed by atoms with E-state index < -0.39 is 23.0 Å². The summed E-state index contributed by atoms with van der Waals surface area (Å²) in [5.41, 5.74) is -2.01. The van der Waals surface area contributed by atoms with Gasteiger partial charge in [0.2, 0.25) is 0 Å². The van der Waals surface area contributed by atoms with Crippen molar-refractivity contribution < 1.29 is 19.5 Å². The molecule has 2 unspecified atom stereocenters. The summed E-state index contributed by atoms with van der Waals surface area (Å²) in [7, 11) is 0. The highest BCUT2D eigenvalue weighted by molar-refractivity contribution is 6.07. The molecule has 0 radical (unpaired) electrons. The van der Waals surface area contributed by atoms with E-state index in [1.54, 1.807) is 0 Å². The van der Waals surface area contributed by atoms with Crippen LogP contribution in [0.4, 0.5) is 4.79 Å². The van der Waals surface area contributed by atoms with Crippen LogP contribution in [0.1, 0.15) is 47.0 Å². The topological polar surface area (TPSA) is 86.7 Å². The van der Waals surface area contributed by atoms with E-state index in [0.717, 1.165) is 24.2 Å². The summed E-state index contributed by atoms with van der Waals surface area (Å²) in [6.45, 7) is 6.91. The molecule has 0 aromatic rings. The second-order valence-corrected chi connectivity index (χ2v) is 7.11. The Balaban J connectivity index is 2.30. The standard InChI is InChI=1S/C15H24N2O4/c1-9-6-5-7-10(2)15(9)11(18)17(13(21)16-15)8-14(3,4)12(19)20/h9-10H,5-8H2,1-4H3,(H,16,21)(H,19,20). The normalized spacial score (nSPS) is 33.4. The van der Waals surface area contributed by atoms with Crippen molar-refractivity contribution in [2.45, 2.75) is 52.5 Å². The first-order chi connectivity index (χ1) is 9.63. The predicted molar refractivity (Wildman–Crippen MR) is 76.6 cm³/mol. The fourth-order valence-corrected chi connectivity index (χ4v) is 3.56. The average molecular weight is 296 g/mol. The number of carboxylic acid groups (broad SMARTS) is 1. The number of rotatable bonds is 3. The van der Waals surface area contributed by atoms with Crippen molar-refractivity contribution in [2.24, 2.45) is 17.3 Å². The van der Waals surface area contributed by atoms with Gasteiger partial charge in [-0.15, -0.1) is 0 Å². The molecule has 2 aliphatic rings. The van der Waals surface area contributed by atoms with E-state index in [9.17, 15) is 19.5 Å². The fraction of sp³-hybridized carbons (Fsp3) is 0.800. The van der Waals surface area contributed by atoms with Gasteiger partial charge in [-0.25, -0.2) is 4.79 Å². The second kappa shape index (κ2) is 5.00. The average Bonchev–Trinajstić information content (AvgIpc) is 2.62. The summed E-state index contributed by atoms with van der Waals surface area (Å²) in [4.78, 5) is 37.5. The molecule has 21 heavy (non-hydrogen) atoms. The van der Waals surface area contributed by atoms with Crippen LogP contribution in [0.2, 0.25) is 0 Å². The van der Waals surface area contributed by atoms with Crippen molar-refractivity contribution in [3.63, 3.8) is 0 Å². The minimum atomic E-state index is -1.15. The molecule has 6 heteroatoms. The molecular weight excluding hydrogens is 272 g/mol. The number of nitrogens with zero attached hydrogens (tertiary/aromatic N) is 1. The SMILES string of the molecule is CC1CCCC(C)C12NC(=O)N(CC(C)(C)C(=O)O)C2=O. The first kappa shape index (κ1) is 15.8. The first-order valence-electron chi connectivity index (χ1n) is 7.50. The van der Waals surface area contributed by atoms with Gasteiger partial charge in [-0.3, -0.25) is 14.5 Å². The number of imide groups is 1. The Hall–Kier alpha value is -1.59. The van der Waals surface area contributed by atoms with E-state index in [1.807, 2.05) is 13.8 Å². The van der Waals surface area contributed by atoms with Crippen molar-refractivity contribution in [1.82, 2.24) is 10.2 Å². The maximum atomic E-state index is 12.9. The number of amides is 3. The van der Waals surface area contributed by atoms with E-state index in [-0.39, 0.29) is 24.3 Å². The van der Waals surface area contributed by atoms with Gasteiger partial charge in [0.1, 0.15) is 5.54 Å². The zero-order valence-electron chi connectivity index (χ0n) is 13.1. The van der Waals surface area contributed by atoms with E-state index >= 15 is 0 Å². The van der Waals surface area contributed by atoms with Gasteiger partial charge in [-0.2, -0.15) is 0 Å². The van der Waals surface area contributed by atoms with Crippen molar-refractivity contribution in [3.05, 3.63) is 0 Å². The number of nitrogens with one attached hydrogen (secondary N) is 1. The Labute approximate surface area is 124 Å². The molecule has 0 aromatic heterocycles. The molecule has 1 aliphatic heterocycles. The van der Waals surface area contributed by atoms with Crippen LogP contribution >= 0.6 is 0 Å². The van der Waals surface area contributed by atoms with Gasteiger partial charge in [0.15, 0.2) is 0 Å². The van der Waals surface area contributed by atoms with Gasteiger partial charge in [0, 0.05) is 6.54 Å². The Morgan fingerprint density at radius 1 is 1.33 bits per heavy atom. The molecule has 118 valence electrons. The summed E-state index contributed by atoms with van der Waals surface area (Å²) in [5, 5.41) is 12.1. The number of hydrogen-bond donors (Lipinski definition) is 2. The molecule has 2 fully saturated rings. The van der Waals surface area contributed by atoms with E-state index in [4.69, 9.17) is 0 Å². The smallest absolute Gasteiger partial charge is 0.325 e. The largest absolute Gasteiger partial charge is 0.481 e. The first-order valence-corrected chi connectivity index (χ1v) is 7.50. The lowest BCUT2D eigenvalue weighted by atomic mass is 9.67. The van der Waals surface area contributed by atoms with E-state index in [0.29, 0.717) is 0 Å². The summed E-state index contributed by atoms with van der Waals surface area (Å²) >= 11 is 0. The molecular formula is C15H24N2O4. The molecule has 0 aromatic carbocycles. The molecule has 1 saturated carbocycles. The van der Waals surface area contributed by atoms with Gasteiger partial charge in [-0.05, 0) is 38.5 Å². The zero-order chi connectivity index (χ0) is 16.0. The van der Waals surface area contributed by atoms with Gasteiger partial charge < -0.3 is 10.4 Å². The second-order valence-electron chi connectivity index (χ2n) is 7.11. The molecule has 1 saturated heterocycles. The van der Waals surface area contributed by atoms with Crippen LogP contribution in [0.3, 0.4) is 0 Å². The molecule has 0 bridgehead atoms. The number of carbonyl (C=O) groups is 3. The van der Waals surface area contributed by atoms with Gasteiger partial charge in [0.25, 0.3) is 5.91 Å². The molecule has 6 nitrogen and oxygen atoms in total. The van der Waals surface area contributed by atoms with Crippen molar-refractivity contribution in [2.75, 3.05) is 6.54 Å². The van der Waals surface area contributed by atoms with E-state index in [2.05, 4.69) is 5.32 Å². The van der Waals surface area contributed by atoms with Crippen molar-refractivity contribution in [3.8, 4) is 0 Å². The molecule has 2 rings (SSSR count). The van der Waals surface area contributed by atoms with E-state index in [1.165, 1.54) is 13.8 Å². The molecule has 3 amide bonds. The fourth-order valence-electron chi connectivity index (χ4n) is 3.56. The van der Waals surface area contributed by atoms with Crippen LogP contribution in [0.15, 0.2) is 0 Å². The van der Waals surface area contributed by atoms with Crippen LogP contribution < -0.4 is 5.32 Å². The number of urea groups is 1. The Bertz CT molecular complexity index is 476. The number of carboxylic acids is 1. The van der Waals surface area contributed by atoms with Gasteiger partial charge in [0.05, 0.1) is 5.41 Å². The van der Waals surface area contributed by atoms with Crippen molar-refractivity contribution in [1.29, 1.82) is 0 Å². The minimum absolute atomic E-state index is 0.0654. The number of aliphatic carboxylic acids is 1. The maximum Gasteiger partial charge on any atom is 0.325 e. The molecule has 1 aliphatic carbocycles. The predicted octanol–water partition coefficient (Wildman–Crippen LogP) is 1.84. The maximum absolute atomic E-state index is 12.9. The van der Waals surface area contributed by atoms with Gasteiger partial charge >= 0.3 is 12.0 Å². The van der Waals surface area contributed by atoms with Crippen molar-refractivity contribution >= 4 is 17.9 Å². The quantitative estimate of drug-likeness (QED) is 0.778. The van der Waals surface area contributed by atoms with Gasteiger partial charge in [-0.1, -0.05) is 20.3 Å². The third-order valence-electron chi connectivity index (χ3n) is 5.12. The van der Waals surface area contributed by atoms with Crippen LogP contribution in [0, 0.1) is 17.3 Å².